The second kappa shape index (κ2) is 6.22. The van der Waals surface area contributed by atoms with E-state index in [1.165, 1.54) is 0 Å². The van der Waals surface area contributed by atoms with Gasteiger partial charge in [-0.05, 0) is 25.2 Å². The molecule has 2 aliphatic rings. The number of phenols is 1. The van der Waals surface area contributed by atoms with Crippen LogP contribution >= 0.6 is 0 Å². The summed E-state index contributed by atoms with van der Waals surface area (Å²) < 4.78 is 11.2. The van der Waals surface area contributed by atoms with Crippen molar-refractivity contribution in [1.82, 2.24) is 9.80 Å². The van der Waals surface area contributed by atoms with Gasteiger partial charge in [0.05, 0.1) is 20.3 Å². The Kier molecular flexibility index (Phi) is 4.33. The number of benzene rings is 1. The molecule has 2 saturated heterocycles. The molecule has 1 N–H and O–H groups in total. The summed E-state index contributed by atoms with van der Waals surface area (Å²) in [5.41, 5.74) is 1.03. The lowest BCUT2D eigenvalue weighted by Crippen LogP contribution is -2.42. The van der Waals surface area contributed by atoms with Gasteiger partial charge in [-0.3, -0.25) is 4.90 Å². The van der Waals surface area contributed by atoms with Crippen LogP contribution in [-0.2, 0) is 11.3 Å². The smallest absolute Gasteiger partial charge is 0.123 e. The van der Waals surface area contributed by atoms with Crippen LogP contribution in [-0.4, -0.2) is 68.0 Å². The molecule has 0 amide bonds. The molecule has 116 valence electrons. The topological polar surface area (TPSA) is 45.2 Å². The SMILES string of the molecule is COc1ccc(O)cc1CN1C[C@H]2COC[C@@H]1CN(C)C2. The lowest BCUT2D eigenvalue weighted by atomic mass is 10.1. The molecule has 5 heteroatoms. The van der Waals surface area contributed by atoms with Crippen LogP contribution in [0.1, 0.15) is 5.56 Å². The Hall–Kier alpha value is -1.30. The summed E-state index contributed by atoms with van der Waals surface area (Å²) in [6.45, 7) is 5.56. The minimum atomic E-state index is 0.289. The molecular formula is C16H24N2O3. The molecule has 0 saturated carbocycles. The Bertz CT molecular complexity index is 494. The molecule has 2 aliphatic heterocycles. The van der Waals surface area contributed by atoms with E-state index in [9.17, 15) is 5.11 Å². The Morgan fingerprint density at radius 1 is 1.29 bits per heavy atom. The second-order valence-electron chi connectivity index (χ2n) is 6.20. The average molecular weight is 292 g/mol. The first-order valence-corrected chi connectivity index (χ1v) is 7.52. The molecule has 21 heavy (non-hydrogen) atoms. The predicted octanol–water partition coefficient (Wildman–Crippen LogP) is 1.16. The highest BCUT2D eigenvalue weighted by Gasteiger charge is 2.32. The Balaban J connectivity index is 1.82. The van der Waals surface area contributed by atoms with Crippen LogP contribution in [0.2, 0.25) is 0 Å². The van der Waals surface area contributed by atoms with Crippen LogP contribution in [0.3, 0.4) is 0 Å². The van der Waals surface area contributed by atoms with E-state index in [1.807, 2.05) is 6.07 Å². The highest BCUT2D eigenvalue weighted by atomic mass is 16.5. The third kappa shape index (κ3) is 3.31. The van der Waals surface area contributed by atoms with Crippen molar-refractivity contribution in [3.8, 4) is 11.5 Å². The molecule has 2 heterocycles. The van der Waals surface area contributed by atoms with Crippen molar-refractivity contribution in [3.05, 3.63) is 23.8 Å². The van der Waals surface area contributed by atoms with E-state index in [2.05, 4.69) is 16.8 Å². The maximum atomic E-state index is 9.74. The molecule has 0 spiro atoms. The molecule has 0 radical (unpaired) electrons. The van der Waals surface area contributed by atoms with E-state index < -0.39 is 0 Å². The number of methoxy groups -OCH3 is 1. The predicted molar refractivity (Wildman–Crippen MR) is 80.7 cm³/mol. The van der Waals surface area contributed by atoms with Crippen LogP contribution in [0.25, 0.3) is 0 Å². The summed E-state index contributed by atoms with van der Waals surface area (Å²) in [5, 5.41) is 9.74. The molecule has 2 atom stereocenters. The summed E-state index contributed by atoms with van der Waals surface area (Å²) >= 11 is 0. The molecule has 0 unspecified atom stereocenters. The highest BCUT2D eigenvalue weighted by molar-refractivity contribution is 5.39. The zero-order chi connectivity index (χ0) is 14.8. The Morgan fingerprint density at radius 3 is 2.95 bits per heavy atom. The molecule has 0 aromatic heterocycles. The van der Waals surface area contributed by atoms with Crippen molar-refractivity contribution in [1.29, 1.82) is 0 Å². The Morgan fingerprint density at radius 2 is 2.14 bits per heavy atom. The fraction of sp³-hybridized carbons (Fsp3) is 0.625. The first-order valence-electron chi connectivity index (χ1n) is 7.52. The third-order valence-corrected chi connectivity index (χ3v) is 4.40. The van der Waals surface area contributed by atoms with Crippen molar-refractivity contribution in [2.75, 3.05) is 47.0 Å². The van der Waals surface area contributed by atoms with Crippen molar-refractivity contribution < 1.29 is 14.6 Å². The van der Waals surface area contributed by atoms with Crippen molar-refractivity contribution in [3.63, 3.8) is 0 Å². The minimum Gasteiger partial charge on any atom is -0.508 e. The number of aromatic hydroxyl groups is 1. The molecule has 1 aromatic rings. The highest BCUT2D eigenvalue weighted by Crippen LogP contribution is 2.27. The molecule has 0 aliphatic carbocycles. The fourth-order valence-electron chi connectivity index (χ4n) is 3.46. The lowest BCUT2D eigenvalue weighted by molar-refractivity contribution is 0.0560. The Labute approximate surface area is 126 Å². The third-order valence-electron chi connectivity index (χ3n) is 4.40. The number of hydrogen-bond acceptors (Lipinski definition) is 5. The van der Waals surface area contributed by atoms with E-state index >= 15 is 0 Å². The summed E-state index contributed by atoms with van der Waals surface area (Å²) in [5.74, 6) is 1.67. The maximum absolute atomic E-state index is 9.74. The molecular weight excluding hydrogens is 268 g/mol. The largest absolute Gasteiger partial charge is 0.508 e. The van der Waals surface area contributed by atoms with Crippen LogP contribution in [0.5, 0.6) is 11.5 Å². The lowest BCUT2D eigenvalue weighted by Gasteiger charge is -2.30. The molecule has 5 nitrogen and oxygen atoms in total. The van der Waals surface area contributed by atoms with E-state index in [4.69, 9.17) is 9.47 Å². The zero-order valence-electron chi connectivity index (χ0n) is 12.8. The van der Waals surface area contributed by atoms with Gasteiger partial charge in [0, 0.05) is 43.7 Å². The zero-order valence-corrected chi connectivity index (χ0v) is 12.8. The summed E-state index contributed by atoms with van der Waals surface area (Å²) in [6.07, 6.45) is 0. The number of likely N-dealkylation sites (N-methyl/N-ethyl adjacent to an activating group) is 1. The van der Waals surface area contributed by atoms with Crippen molar-refractivity contribution >= 4 is 0 Å². The molecule has 2 fully saturated rings. The van der Waals surface area contributed by atoms with Gasteiger partial charge in [0.2, 0.25) is 0 Å². The van der Waals surface area contributed by atoms with Gasteiger partial charge < -0.3 is 19.5 Å². The van der Waals surface area contributed by atoms with E-state index in [1.54, 1.807) is 19.2 Å². The standard InChI is InChI=1S/C16H24N2O3/c1-17-6-12-7-18(14(9-17)11-21-10-12)8-13-5-15(19)3-4-16(13)20-2/h3-5,12,14,19H,6-11H2,1-2H3/t12-,14-/m0/s1. The molecule has 3 rings (SSSR count). The fourth-order valence-corrected chi connectivity index (χ4v) is 3.46. The number of rotatable bonds is 3. The van der Waals surface area contributed by atoms with E-state index in [-0.39, 0.29) is 5.75 Å². The monoisotopic (exact) mass is 292 g/mol. The summed E-state index contributed by atoms with van der Waals surface area (Å²) in [7, 11) is 3.86. The number of nitrogens with zero attached hydrogens (tertiary/aromatic N) is 2. The molecule has 1 aromatic carbocycles. The van der Waals surface area contributed by atoms with Gasteiger partial charge in [-0.1, -0.05) is 0 Å². The summed E-state index contributed by atoms with van der Waals surface area (Å²) in [6, 6.07) is 5.70. The number of hydrogen-bond donors (Lipinski definition) is 1. The minimum absolute atomic E-state index is 0.289. The van der Waals surface area contributed by atoms with Gasteiger partial charge in [0.25, 0.3) is 0 Å². The van der Waals surface area contributed by atoms with E-state index in [0.717, 1.165) is 50.7 Å². The van der Waals surface area contributed by atoms with Crippen LogP contribution in [0.4, 0.5) is 0 Å². The second-order valence-corrected chi connectivity index (χ2v) is 6.20. The quantitative estimate of drug-likeness (QED) is 0.906. The van der Waals surface area contributed by atoms with Crippen LogP contribution < -0.4 is 4.74 Å². The van der Waals surface area contributed by atoms with Gasteiger partial charge in [0.1, 0.15) is 11.5 Å². The molecule has 2 bridgehead atoms. The van der Waals surface area contributed by atoms with Crippen LogP contribution in [0.15, 0.2) is 18.2 Å². The first-order chi connectivity index (χ1) is 10.2. The van der Waals surface area contributed by atoms with Crippen LogP contribution in [0, 0.1) is 5.92 Å². The van der Waals surface area contributed by atoms with Crippen molar-refractivity contribution in [2.45, 2.75) is 12.6 Å². The van der Waals surface area contributed by atoms with E-state index in [0.29, 0.717) is 12.0 Å². The van der Waals surface area contributed by atoms with Gasteiger partial charge >= 0.3 is 0 Å². The van der Waals surface area contributed by atoms with Gasteiger partial charge in [0.15, 0.2) is 0 Å². The van der Waals surface area contributed by atoms with Crippen molar-refractivity contribution in [2.24, 2.45) is 5.92 Å². The average Bonchev–Trinajstić information content (AvgIpc) is 2.69. The normalized spacial score (nSPS) is 27.3. The van der Waals surface area contributed by atoms with Gasteiger partial charge in [-0.25, -0.2) is 0 Å². The van der Waals surface area contributed by atoms with Gasteiger partial charge in [-0.15, -0.1) is 0 Å². The number of ether oxygens (including phenoxy) is 2. The first kappa shape index (κ1) is 14.6. The number of phenolic OH excluding ortho intramolecular Hbond substituents is 1. The summed E-state index contributed by atoms with van der Waals surface area (Å²) in [4.78, 5) is 4.87. The van der Waals surface area contributed by atoms with Gasteiger partial charge in [-0.2, -0.15) is 0 Å². The maximum Gasteiger partial charge on any atom is 0.123 e. The number of fused-ring (bicyclic) bond motifs is 3.